The van der Waals surface area contributed by atoms with Crippen LogP contribution in [0.2, 0.25) is 5.28 Å². The molecule has 0 aliphatic carbocycles. The fraction of sp³-hybridized carbons (Fsp3) is 0.333. The van der Waals surface area contributed by atoms with Crippen LogP contribution in [0.3, 0.4) is 0 Å². The van der Waals surface area contributed by atoms with Gasteiger partial charge in [-0.1, -0.05) is 0 Å². The highest BCUT2D eigenvalue weighted by molar-refractivity contribution is 7.90. The van der Waals surface area contributed by atoms with Crippen LogP contribution in [0.4, 0.5) is 0 Å². The van der Waals surface area contributed by atoms with E-state index >= 15 is 0 Å². The van der Waals surface area contributed by atoms with Crippen LogP contribution in [0.25, 0.3) is 0 Å². The van der Waals surface area contributed by atoms with Crippen LogP contribution in [0, 0.1) is 0 Å². The molecule has 0 fully saturated rings. The first-order chi connectivity index (χ1) is 5.57. The van der Waals surface area contributed by atoms with Crippen LogP contribution in [0.15, 0.2) is 6.20 Å². The second-order valence-electron chi connectivity index (χ2n) is 2.64. The molecule has 0 saturated heterocycles. The zero-order valence-electron chi connectivity index (χ0n) is 5.99. The monoisotopic (exact) mass is 204 g/mol. The van der Waals surface area contributed by atoms with Gasteiger partial charge < -0.3 is 0 Å². The van der Waals surface area contributed by atoms with Crippen molar-refractivity contribution < 1.29 is 8.42 Å². The third-order valence-electron chi connectivity index (χ3n) is 1.66. The van der Waals surface area contributed by atoms with Gasteiger partial charge in [0.2, 0.25) is 5.28 Å². The lowest BCUT2D eigenvalue weighted by Gasteiger charge is -1.92. The summed E-state index contributed by atoms with van der Waals surface area (Å²) in [6.07, 6.45) is 1.47. The predicted octanol–water partition coefficient (Wildman–Crippen LogP) is 0.558. The van der Waals surface area contributed by atoms with Crippen molar-refractivity contribution in [3.63, 3.8) is 0 Å². The molecule has 4 nitrogen and oxygen atoms in total. The Kier molecular flexibility index (Phi) is 1.59. The van der Waals surface area contributed by atoms with E-state index in [2.05, 4.69) is 9.97 Å². The maximum Gasteiger partial charge on any atom is 0.222 e. The smallest absolute Gasteiger partial charge is 0.222 e. The van der Waals surface area contributed by atoms with Gasteiger partial charge >= 0.3 is 0 Å². The first kappa shape index (κ1) is 7.94. The quantitative estimate of drug-likeness (QED) is 0.580. The summed E-state index contributed by atoms with van der Waals surface area (Å²) in [7, 11) is -2.98. The number of aromatic nitrogens is 2. The Balaban J connectivity index is 2.56. The van der Waals surface area contributed by atoms with E-state index in [1.165, 1.54) is 6.20 Å². The number of nitrogens with zero attached hydrogens (tertiary/aromatic N) is 2. The summed E-state index contributed by atoms with van der Waals surface area (Å²) in [5.74, 6) is 0.0318. The van der Waals surface area contributed by atoms with Crippen LogP contribution in [-0.2, 0) is 21.3 Å². The molecule has 2 heterocycles. The van der Waals surface area contributed by atoms with Crippen LogP contribution in [-0.4, -0.2) is 18.4 Å². The van der Waals surface area contributed by atoms with Crippen LogP contribution in [0.1, 0.15) is 11.3 Å². The lowest BCUT2D eigenvalue weighted by Crippen LogP contribution is -1.95. The summed E-state index contributed by atoms with van der Waals surface area (Å²) in [6, 6.07) is 0. The minimum atomic E-state index is -2.98. The zero-order valence-corrected chi connectivity index (χ0v) is 7.56. The molecule has 6 heteroatoms. The summed E-state index contributed by atoms with van der Waals surface area (Å²) in [5, 5.41) is 0.103. The van der Waals surface area contributed by atoms with Crippen LogP contribution >= 0.6 is 11.6 Å². The largest absolute Gasteiger partial charge is 0.228 e. The van der Waals surface area contributed by atoms with E-state index in [9.17, 15) is 8.42 Å². The molecule has 1 aliphatic rings. The maximum atomic E-state index is 11.1. The lowest BCUT2D eigenvalue weighted by atomic mass is 10.3. The van der Waals surface area contributed by atoms with Gasteiger partial charge in [-0.25, -0.2) is 18.4 Å². The van der Waals surface area contributed by atoms with Gasteiger partial charge in [-0.15, -0.1) is 0 Å². The van der Waals surface area contributed by atoms with Gasteiger partial charge in [0.1, 0.15) is 0 Å². The summed E-state index contributed by atoms with van der Waals surface area (Å²) in [6.45, 7) is 0. The van der Waals surface area contributed by atoms with Crippen molar-refractivity contribution in [2.24, 2.45) is 0 Å². The van der Waals surface area contributed by atoms with Crippen molar-refractivity contribution >= 4 is 21.4 Å². The van der Waals surface area contributed by atoms with E-state index in [0.717, 1.165) is 0 Å². The molecule has 0 bridgehead atoms. The molecule has 0 aromatic carbocycles. The molecule has 1 aliphatic heterocycles. The zero-order chi connectivity index (χ0) is 8.77. The third kappa shape index (κ3) is 1.30. The molecule has 0 unspecified atom stereocenters. The molecule has 0 radical (unpaired) electrons. The van der Waals surface area contributed by atoms with Gasteiger partial charge in [-0.2, -0.15) is 0 Å². The second kappa shape index (κ2) is 2.40. The topological polar surface area (TPSA) is 59.9 Å². The molecule has 0 N–H and O–H groups in total. The van der Waals surface area contributed by atoms with Gasteiger partial charge in [-0.3, -0.25) is 0 Å². The summed E-state index contributed by atoms with van der Waals surface area (Å²) >= 11 is 5.50. The molecule has 0 atom stereocenters. The van der Waals surface area contributed by atoms with Gasteiger partial charge in [0.25, 0.3) is 0 Å². The van der Waals surface area contributed by atoms with Crippen molar-refractivity contribution in [2.75, 3.05) is 0 Å². The minimum Gasteiger partial charge on any atom is -0.228 e. The molecule has 12 heavy (non-hydrogen) atoms. The van der Waals surface area contributed by atoms with E-state index in [4.69, 9.17) is 11.6 Å². The van der Waals surface area contributed by atoms with E-state index in [-0.39, 0.29) is 16.8 Å². The average molecular weight is 205 g/mol. The fourth-order valence-electron chi connectivity index (χ4n) is 1.16. The van der Waals surface area contributed by atoms with Crippen molar-refractivity contribution in [3.8, 4) is 0 Å². The van der Waals surface area contributed by atoms with E-state index in [1.807, 2.05) is 0 Å². The van der Waals surface area contributed by atoms with Gasteiger partial charge in [-0.05, 0) is 11.6 Å². The molecular formula is C6H5ClN2O2S. The highest BCUT2D eigenvalue weighted by atomic mass is 35.5. The number of hydrogen-bond donors (Lipinski definition) is 0. The van der Waals surface area contributed by atoms with Crippen LogP contribution in [0.5, 0.6) is 0 Å². The summed E-state index contributed by atoms with van der Waals surface area (Å²) < 4.78 is 22.2. The van der Waals surface area contributed by atoms with Gasteiger partial charge in [0, 0.05) is 11.8 Å². The molecule has 0 spiro atoms. The Bertz CT molecular complexity index is 429. The Labute approximate surface area is 74.5 Å². The third-order valence-corrected chi connectivity index (χ3v) is 3.30. The van der Waals surface area contributed by atoms with Crippen molar-refractivity contribution in [2.45, 2.75) is 11.5 Å². The number of rotatable bonds is 0. The standard InChI is InChI=1S/C6H5ClN2O2S/c7-6-8-1-4-2-12(10,11)3-5(4)9-6/h1H,2-3H2. The highest BCUT2D eigenvalue weighted by Crippen LogP contribution is 2.22. The van der Waals surface area contributed by atoms with Crippen LogP contribution < -0.4 is 0 Å². The lowest BCUT2D eigenvalue weighted by molar-refractivity contribution is 0.598. The van der Waals surface area contributed by atoms with Crippen molar-refractivity contribution in [1.29, 1.82) is 0 Å². The second-order valence-corrected chi connectivity index (χ2v) is 5.05. The SMILES string of the molecule is O=S1(=O)Cc2cnc(Cl)nc2C1. The predicted molar refractivity (Wildman–Crippen MR) is 43.4 cm³/mol. The summed E-state index contributed by atoms with van der Waals surface area (Å²) in [4.78, 5) is 7.53. The molecule has 64 valence electrons. The van der Waals surface area contributed by atoms with Crippen molar-refractivity contribution in [1.82, 2.24) is 9.97 Å². The van der Waals surface area contributed by atoms with E-state index in [1.54, 1.807) is 0 Å². The number of sulfone groups is 1. The molecule has 2 rings (SSSR count). The maximum absolute atomic E-state index is 11.1. The Morgan fingerprint density at radius 2 is 2.17 bits per heavy atom. The number of hydrogen-bond acceptors (Lipinski definition) is 4. The summed E-state index contributed by atoms with van der Waals surface area (Å²) in [5.41, 5.74) is 1.20. The number of fused-ring (bicyclic) bond motifs is 1. The van der Waals surface area contributed by atoms with E-state index < -0.39 is 9.84 Å². The molecule has 1 aromatic heterocycles. The molecule has 1 aromatic rings. The number of halogens is 1. The molecular weight excluding hydrogens is 200 g/mol. The van der Waals surface area contributed by atoms with Gasteiger partial charge in [0.05, 0.1) is 17.2 Å². The Morgan fingerprint density at radius 3 is 2.92 bits per heavy atom. The molecule has 0 saturated carbocycles. The molecule has 0 amide bonds. The highest BCUT2D eigenvalue weighted by Gasteiger charge is 2.26. The fourth-order valence-corrected chi connectivity index (χ4v) is 2.79. The van der Waals surface area contributed by atoms with Gasteiger partial charge in [0.15, 0.2) is 9.84 Å². The average Bonchev–Trinajstić information content (AvgIpc) is 2.21. The first-order valence-electron chi connectivity index (χ1n) is 3.27. The Hall–Kier alpha value is -0.680. The van der Waals surface area contributed by atoms with Crippen molar-refractivity contribution in [3.05, 3.63) is 22.7 Å². The minimum absolute atomic E-state index is 0.00935. The first-order valence-corrected chi connectivity index (χ1v) is 5.47. The Morgan fingerprint density at radius 1 is 1.42 bits per heavy atom. The van der Waals surface area contributed by atoms with E-state index in [0.29, 0.717) is 11.3 Å². The normalized spacial score (nSPS) is 19.1.